The fourth-order valence-corrected chi connectivity index (χ4v) is 2.81. The van der Waals surface area contributed by atoms with Gasteiger partial charge in [0.1, 0.15) is 5.69 Å². The fourth-order valence-electron chi connectivity index (χ4n) is 2.81. The molecule has 6 heteroatoms. The topological polar surface area (TPSA) is 68.8 Å². The van der Waals surface area contributed by atoms with Gasteiger partial charge in [0, 0.05) is 11.8 Å². The van der Waals surface area contributed by atoms with Crippen LogP contribution in [0, 0.1) is 6.92 Å². The van der Waals surface area contributed by atoms with E-state index in [0.29, 0.717) is 6.54 Å². The molecular weight excluding hydrogens is 326 g/mol. The third kappa shape index (κ3) is 3.41. The number of benzene rings is 2. The molecule has 2 aromatic heterocycles. The predicted molar refractivity (Wildman–Crippen MR) is 98.8 cm³/mol. The summed E-state index contributed by atoms with van der Waals surface area (Å²) in [6.45, 7) is 2.75. The molecule has 2 heterocycles. The van der Waals surface area contributed by atoms with Crippen molar-refractivity contribution in [3.8, 4) is 16.9 Å². The van der Waals surface area contributed by atoms with Crippen LogP contribution in [0.3, 0.4) is 0 Å². The van der Waals surface area contributed by atoms with Gasteiger partial charge in [-0.2, -0.15) is 5.10 Å². The standard InChI is InChI=1S/C20H19N5O/c1-15-3-2-4-19(9-15)25-12-18(10-21-25)20-13-24(23-22-20)11-16-5-7-17(14-26)8-6-16/h2-10,12-13,26H,11,14H2,1H3. The Morgan fingerprint density at radius 1 is 1.00 bits per heavy atom. The Morgan fingerprint density at radius 2 is 1.81 bits per heavy atom. The molecule has 4 rings (SSSR count). The third-order valence-electron chi connectivity index (χ3n) is 4.23. The molecule has 0 amide bonds. The number of aryl methyl sites for hydroxylation is 1. The van der Waals surface area contributed by atoms with E-state index < -0.39 is 0 Å². The Bertz CT molecular complexity index is 1020. The van der Waals surface area contributed by atoms with E-state index >= 15 is 0 Å². The van der Waals surface area contributed by atoms with Crippen LogP contribution in [0.15, 0.2) is 67.1 Å². The summed E-state index contributed by atoms with van der Waals surface area (Å²) in [4.78, 5) is 0. The summed E-state index contributed by atoms with van der Waals surface area (Å²) in [6, 6.07) is 16.0. The lowest BCUT2D eigenvalue weighted by Crippen LogP contribution is -2.00. The molecule has 1 N–H and O–H groups in total. The molecule has 26 heavy (non-hydrogen) atoms. The number of nitrogens with zero attached hydrogens (tertiary/aromatic N) is 5. The van der Waals surface area contributed by atoms with Crippen LogP contribution in [0.2, 0.25) is 0 Å². The maximum atomic E-state index is 9.11. The zero-order valence-corrected chi connectivity index (χ0v) is 14.4. The number of aliphatic hydroxyl groups excluding tert-OH is 1. The molecule has 0 aliphatic heterocycles. The lowest BCUT2D eigenvalue weighted by Gasteiger charge is -2.02. The highest BCUT2D eigenvalue weighted by atomic mass is 16.3. The minimum Gasteiger partial charge on any atom is -0.392 e. The van der Waals surface area contributed by atoms with E-state index in [1.807, 2.05) is 53.5 Å². The normalized spacial score (nSPS) is 11.0. The summed E-state index contributed by atoms with van der Waals surface area (Å²) in [5.74, 6) is 0. The Balaban J connectivity index is 1.52. The van der Waals surface area contributed by atoms with E-state index in [2.05, 4.69) is 34.5 Å². The van der Waals surface area contributed by atoms with Crippen molar-refractivity contribution in [1.82, 2.24) is 24.8 Å². The van der Waals surface area contributed by atoms with Crippen molar-refractivity contribution in [3.63, 3.8) is 0 Å². The zero-order chi connectivity index (χ0) is 17.9. The van der Waals surface area contributed by atoms with Gasteiger partial charge in [-0.05, 0) is 35.7 Å². The molecule has 0 spiro atoms. The van der Waals surface area contributed by atoms with E-state index in [4.69, 9.17) is 5.11 Å². The molecule has 4 aromatic rings. The second-order valence-electron chi connectivity index (χ2n) is 6.29. The van der Waals surface area contributed by atoms with Gasteiger partial charge < -0.3 is 5.11 Å². The van der Waals surface area contributed by atoms with E-state index in [9.17, 15) is 0 Å². The monoisotopic (exact) mass is 345 g/mol. The van der Waals surface area contributed by atoms with Crippen LogP contribution in [0.25, 0.3) is 16.9 Å². The zero-order valence-electron chi connectivity index (χ0n) is 14.4. The van der Waals surface area contributed by atoms with Gasteiger partial charge in [-0.3, -0.25) is 0 Å². The molecule has 2 aromatic carbocycles. The van der Waals surface area contributed by atoms with Crippen molar-refractivity contribution in [3.05, 3.63) is 83.8 Å². The van der Waals surface area contributed by atoms with Crippen LogP contribution in [0.4, 0.5) is 0 Å². The Kier molecular flexibility index (Phi) is 4.33. The molecule has 0 saturated heterocycles. The summed E-state index contributed by atoms with van der Waals surface area (Å²) in [5.41, 5.74) is 5.93. The minimum absolute atomic E-state index is 0.0542. The second kappa shape index (κ2) is 6.93. The third-order valence-corrected chi connectivity index (χ3v) is 4.23. The highest BCUT2D eigenvalue weighted by molar-refractivity contribution is 5.56. The molecule has 0 radical (unpaired) electrons. The molecule has 0 atom stereocenters. The minimum atomic E-state index is 0.0542. The SMILES string of the molecule is Cc1cccc(-n2cc(-c3cn(Cc4ccc(CO)cc4)nn3)cn2)c1. The van der Waals surface area contributed by atoms with E-state index in [1.54, 1.807) is 10.9 Å². The van der Waals surface area contributed by atoms with Gasteiger partial charge in [-0.1, -0.05) is 41.6 Å². The first-order chi connectivity index (χ1) is 12.7. The van der Waals surface area contributed by atoms with Crippen molar-refractivity contribution in [2.45, 2.75) is 20.1 Å². The number of hydrogen-bond acceptors (Lipinski definition) is 4. The summed E-state index contributed by atoms with van der Waals surface area (Å²) in [7, 11) is 0. The number of aliphatic hydroxyl groups is 1. The van der Waals surface area contributed by atoms with Crippen LogP contribution in [0.1, 0.15) is 16.7 Å². The van der Waals surface area contributed by atoms with Gasteiger partial charge in [0.25, 0.3) is 0 Å². The molecular formula is C20H19N5O. The van der Waals surface area contributed by atoms with Crippen LogP contribution >= 0.6 is 0 Å². The van der Waals surface area contributed by atoms with Gasteiger partial charge in [-0.25, -0.2) is 9.36 Å². The highest BCUT2D eigenvalue weighted by Gasteiger charge is 2.08. The molecule has 0 unspecified atom stereocenters. The van der Waals surface area contributed by atoms with E-state index in [1.165, 1.54) is 5.56 Å². The van der Waals surface area contributed by atoms with Gasteiger partial charge >= 0.3 is 0 Å². The fraction of sp³-hybridized carbons (Fsp3) is 0.150. The Hall–Kier alpha value is -3.25. The Morgan fingerprint density at radius 3 is 2.58 bits per heavy atom. The first-order valence-electron chi connectivity index (χ1n) is 8.42. The van der Waals surface area contributed by atoms with Crippen molar-refractivity contribution in [2.75, 3.05) is 0 Å². The van der Waals surface area contributed by atoms with Crippen LogP contribution in [-0.4, -0.2) is 29.9 Å². The van der Waals surface area contributed by atoms with Crippen LogP contribution in [0.5, 0.6) is 0 Å². The van der Waals surface area contributed by atoms with Crippen molar-refractivity contribution < 1.29 is 5.11 Å². The molecule has 6 nitrogen and oxygen atoms in total. The molecule has 0 fully saturated rings. The first kappa shape index (κ1) is 16.2. The molecule has 0 saturated carbocycles. The lowest BCUT2D eigenvalue weighted by molar-refractivity contribution is 0.282. The summed E-state index contributed by atoms with van der Waals surface area (Å²) in [5, 5.41) is 22.0. The highest BCUT2D eigenvalue weighted by Crippen LogP contribution is 2.18. The summed E-state index contributed by atoms with van der Waals surface area (Å²) in [6.07, 6.45) is 5.67. The van der Waals surface area contributed by atoms with E-state index in [-0.39, 0.29) is 6.61 Å². The summed E-state index contributed by atoms with van der Waals surface area (Å²) < 4.78 is 3.64. The maximum Gasteiger partial charge on any atom is 0.116 e. The molecule has 0 bridgehead atoms. The van der Waals surface area contributed by atoms with Gasteiger partial charge in [-0.15, -0.1) is 5.10 Å². The Labute approximate surface area is 151 Å². The quantitative estimate of drug-likeness (QED) is 0.604. The van der Waals surface area contributed by atoms with E-state index in [0.717, 1.165) is 28.1 Å². The average Bonchev–Trinajstić information content (AvgIpc) is 3.32. The number of rotatable bonds is 5. The van der Waals surface area contributed by atoms with Gasteiger partial charge in [0.05, 0.1) is 31.2 Å². The van der Waals surface area contributed by atoms with Gasteiger partial charge in [0.15, 0.2) is 0 Å². The average molecular weight is 345 g/mol. The maximum absolute atomic E-state index is 9.11. The molecule has 0 aliphatic rings. The first-order valence-corrected chi connectivity index (χ1v) is 8.42. The lowest BCUT2D eigenvalue weighted by atomic mass is 10.1. The smallest absolute Gasteiger partial charge is 0.116 e. The van der Waals surface area contributed by atoms with Crippen molar-refractivity contribution in [2.24, 2.45) is 0 Å². The largest absolute Gasteiger partial charge is 0.392 e. The van der Waals surface area contributed by atoms with Crippen LogP contribution < -0.4 is 0 Å². The molecule has 130 valence electrons. The van der Waals surface area contributed by atoms with Gasteiger partial charge in [0.2, 0.25) is 0 Å². The molecule has 0 aliphatic carbocycles. The number of aromatic nitrogens is 5. The van der Waals surface area contributed by atoms with Crippen LogP contribution in [-0.2, 0) is 13.2 Å². The van der Waals surface area contributed by atoms with Crippen molar-refractivity contribution >= 4 is 0 Å². The predicted octanol–water partition coefficient (Wildman–Crippen LogP) is 2.98. The summed E-state index contributed by atoms with van der Waals surface area (Å²) >= 11 is 0. The second-order valence-corrected chi connectivity index (χ2v) is 6.29. The van der Waals surface area contributed by atoms with Crippen molar-refractivity contribution in [1.29, 1.82) is 0 Å². The number of hydrogen-bond donors (Lipinski definition) is 1.